The van der Waals surface area contributed by atoms with Gasteiger partial charge in [0.15, 0.2) is 0 Å². The number of hydrogen-bond acceptors (Lipinski definition) is 2. The minimum atomic E-state index is -0.284. The van der Waals surface area contributed by atoms with E-state index in [1.807, 2.05) is 0 Å². The molecule has 2 N–H and O–H groups in total. The molecule has 2 amide bonds. The number of hydrogen-bond donors (Lipinski definition) is 2. The zero-order chi connectivity index (χ0) is 31.5. The summed E-state index contributed by atoms with van der Waals surface area (Å²) >= 11 is 0. The summed E-state index contributed by atoms with van der Waals surface area (Å²) in [6.07, 6.45) is 45.4. The third-order valence-electron chi connectivity index (χ3n) is 9.05. The fourth-order valence-corrected chi connectivity index (χ4v) is 6.32. The van der Waals surface area contributed by atoms with Crippen LogP contribution in [-0.2, 0) is 9.59 Å². The second-order valence-electron chi connectivity index (χ2n) is 13.7. The van der Waals surface area contributed by atoms with Gasteiger partial charge in [-0.1, -0.05) is 206 Å². The topological polar surface area (TPSA) is 58.2 Å². The van der Waals surface area contributed by atoms with Crippen molar-refractivity contribution in [2.24, 2.45) is 0 Å². The van der Waals surface area contributed by atoms with E-state index in [2.05, 4.69) is 17.6 Å². The monoisotopic (exact) mass is 607 g/mol. The number of rotatable bonds is 35. The first-order valence-electron chi connectivity index (χ1n) is 19.6. The predicted molar refractivity (Wildman–Crippen MR) is 189 cm³/mol. The molecule has 0 aliphatic carbocycles. The molecule has 256 valence electrons. The maximum Gasteiger partial charge on any atom is 0.221 e. The fraction of sp³-hybridized carbons (Fsp3) is 0.949. The Balaban J connectivity index is 3.12. The van der Waals surface area contributed by atoms with E-state index in [1.54, 1.807) is 6.92 Å². The van der Waals surface area contributed by atoms with Gasteiger partial charge in [0.25, 0.3) is 0 Å². The van der Waals surface area contributed by atoms with Crippen molar-refractivity contribution in [3.05, 3.63) is 0 Å². The largest absolute Gasteiger partial charge is 0.337 e. The van der Waals surface area contributed by atoms with Gasteiger partial charge in [-0.3, -0.25) is 9.59 Å². The SMILES string of the molecule is CCCCCCCCCCCCCCCCCCCCCCCCCCCCCCCCCCC(=O)NC(C)NC(C)=O. The van der Waals surface area contributed by atoms with Gasteiger partial charge in [-0.15, -0.1) is 0 Å². The number of carbonyl (C=O) groups is 2. The van der Waals surface area contributed by atoms with Crippen LogP contribution in [-0.4, -0.2) is 18.0 Å². The van der Waals surface area contributed by atoms with Gasteiger partial charge in [0.05, 0.1) is 6.17 Å². The summed E-state index contributed by atoms with van der Waals surface area (Å²) in [6.45, 7) is 5.56. The molecule has 0 bridgehead atoms. The fourth-order valence-electron chi connectivity index (χ4n) is 6.32. The van der Waals surface area contributed by atoms with Gasteiger partial charge in [-0.2, -0.15) is 0 Å². The van der Waals surface area contributed by atoms with E-state index in [-0.39, 0.29) is 18.0 Å². The normalized spacial score (nSPS) is 12.0. The molecule has 1 atom stereocenters. The molecule has 0 aliphatic heterocycles. The van der Waals surface area contributed by atoms with Gasteiger partial charge >= 0.3 is 0 Å². The molecule has 0 aromatic heterocycles. The van der Waals surface area contributed by atoms with Crippen LogP contribution in [0.25, 0.3) is 0 Å². The van der Waals surface area contributed by atoms with Crippen molar-refractivity contribution in [3.8, 4) is 0 Å². The zero-order valence-electron chi connectivity index (χ0n) is 29.7. The quantitative estimate of drug-likeness (QED) is 0.0557. The average Bonchev–Trinajstić information content (AvgIpc) is 2.97. The third-order valence-corrected chi connectivity index (χ3v) is 9.05. The first-order valence-corrected chi connectivity index (χ1v) is 19.6. The van der Waals surface area contributed by atoms with Gasteiger partial charge in [0.2, 0.25) is 11.8 Å². The van der Waals surface area contributed by atoms with Crippen LogP contribution in [0, 0.1) is 0 Å². The summed E-state index contributed by atoms with van der Waals surface area (Å²) in [4.78, 5) is 22.8. The summed E-state index contributed by atoms with van der Waals surface area (Å²) < 4.78 is 0. The molecular weight excluding hydrogens is 528 g/mol. The maximum atomic E-state index is 11.8. The van der Waals surface area contributed by atoms with Gasteiger partial charge in [0.1, 0.15) is 0 Å². The van der Waals surface area contributed by atoms with Crippen molar-refractivity contribution < 1.29 is 9.59 Å². The maximum absolute atomic E-state index is 11.8. The molecular formula is C39H78N2O2. The lowest BCUT2D eigenvalue weighted by atomic mass is 10.0. The Kier molecular flexibility index (Phi) is 34.5. The molecule has 43 heavy (non-hydrogen) atoms. The number of nitrogens with one attached hydrogen (secondary N) is 2. The van der Waals surface area contributed by atoms with Gasteiger partial charge < -0.3 is 10.6 Å². The molecule has 0 aromatic carbocycles. The molecule has 0 aromatic rings. The van der Waals surface area contributed by atoms with Crippen LogP contribution in [0.5, 0.6) is 0 Å². The van der Waals surface area contributed by atoms with E-state index < -0.39 is 0 Å². The standard InChI is InChI=1S/C39H78N2O2/c1-4-5-6-7-8-9-10-11-12-13-14-15-16-17-18-19-20-21-22-23-24-25-26-27-28-29-30-31-32-33-34-35-36-39(43)41-37(2)40-38(3)42/h37H,4-36H2,1-3H3,(H,40,42)(H,41,43). The molecule has 1 unspecified atom stereocenters. The van der Waals surface area contributed by atoms with E-state index in [1.165, 1.54) is 200 Å². The number of carbonyl (C=O) groups excluding carboxylic acids is 2. The average molecular weight is 607 g/mol. The summed E-state index contributed by atoms with van der Waals surface area (Å²) in [5.74, 6) is -0.0826. The Labute approximate surface area is 270 Å². The Morgan fingerprint density at radius 1 is 0.395 bits per heavy atom. The lowest BCUT2D eigenvalue weighted by Gasteiger charge is -2.14. The summed E-state index contributed by atoms with van der Waals surface area (Å²) in [7, 11) is 0. The smallest absolute Gasteiger partial charge is 0.221 e. The molecule has 0 saturated carbocycles. The molecule has 0 fully saturated rings. The van der Waals surface area contributed by atoms with Crippen LogP contribution >= 0.6 is 0 Å². The third kappa shape index (κ3) is 37.0. The van der Waals surface area contributed by atoms with Crippen LogP contribution in [0.2, 0.25) is 0 Å². The van der Waals surface area contributed by atoms with Gasteiger partial charge in [-0.05, 0) is 13.3 Å². The highest BCUT2D eigenvalue weighted by Crippen LogP contribution is 2.17. The molecule has 4 nitrogen and oxygen atoms in total. The van der Waals surface area contributed by atoms with Crippen molar-refractivity contribution in [3.63, 3.8) is 0 Å². The van der Waals surface area contributed by atoms with Gasteiger partial charge in [0, 0.05) is 13.3 Å². The Bertz CT molecular complexity index is 580. The molecule has 0 spiro atoms. The molecule has 0 heterocycles. The molecule has 0 radical (unpaired) electrons. The highest BCUT2D eigenvalue weighted by Gasteiger charge is 2.07. The summed E-state index contributed by atoms with van der Waals surface area (Å²) in [6, 6.07) is 0. The predicted octanol–water partition coefficient (Wildman–Crippen LogP) is 12.5. The lowest BCUT2D eigenvalue weighted by molar-refractivity contribution is -0.123. The first-order chi connectivity index (χ1) is 21.1. The van der Waals surface area contributed by atoms with E-state index in [9.17, 15) is 9.59 Å². The second kappa shape index (κ2) is 35.4. The second-order valence-corrected chi connectivity index (χ2v) is 13.7. The van der Waals surface area contributed by atoms with Crippen molar-refractivity contribution in [2.45, 2.75) is 239 Å². The molecule has 4 heteroatoms. The van der Waals surface area contributed by atoms with Crippen molar-refractivity contribution >= 4 is 11.8 Å². The number of amides is 2. The molecule has 0 rings (SSSR count). The minimum Gasteiger partial charge on any atom is -0.337 e. The Morgan fingerprint density at radius 2 is 0.628 bits per heavy atom. The van der Waals surface area contributed by atoms with Crippen LogP contribution in [0.4, 0.5) is 0 Å². The van der Waals surface area contributed by atoms with Crippen LogP contribution in [0.3, 0.4) is 0 Å². The van der Waals surface area contributed by atoms with E-state index in [0.717, 1.165) is 12.8 Å². The first kappa shape index (κ1) is 41.9. The molecule has 0 saturated heterocycles. The summed E-state index contributed by atoms with van der Waals surface area (Å²) in [5.41, 5.74) is 0. The van der Waals surface area contributed by atoms with Crippen LogP contribution in [0.15, 0.2) is 0 Å². The van der Waals surface area contributed by atoms with Crippen molar-refractivity contribution in [1.29, 1.82) is 0 Å². The molecule has 0 aliphatic rings. The number of unbranched alkanes of at least 4 members (excludes halogenated alkanes) is 31. The minimum absolute atomic E-state index is 0.0341. The Morgan fingerprint density at radius 3 is 0.860 bits per heavy atom. The highest BCUT2D eigenvalue weighted by atomic mass is 16.2. The Hall–Kier alpha value is -1.06. The van der Waals surface area contributed by atoms with Crippen molar-refractivity contribution in [1.82, 2.24) is 10.6 Å². The van der Waals surface area contributed by atoms with Crippen LogP contribution < -0.4 is 10.6 Å². The summed E-state index contributed by atoms with van der Waals surface area (Å²) in [5, 5.41) is 5.49. The van der Waals surface area contributed by atoms with Gasteiger partial charge in [-0.25, -0.2) is 0 Å². The van der Waals surface area contributed by atoms with E-state index in [0.29, 0.717) is 6.42 Å². The van der Waals surface area contributed by atoms with E-state index >= 15 is 0 Å². The van der Waals surface area contributed by atoms with Crippen molar-refractivity contribution in [2.75, 3.05) is 0 Å². The van der Waals surface area contributed by atoms with Crippen LogP contribution in [0.1, 0.15) is 233 Å². The van der Waals surface area contributed by atoms with E-state index in [4.69, 9.17) is 0 Å². The lowest BCUT2D eigenvalue weighted by Crippen LogP contribution is -2.44. The highest BCUT2D eigenvalue weighted by molar-refractivity contribution is 5.77. The zero-order valence-corrected chi connectivity index (χ0v) is 29.7.